The minimum atomic E-state index is -0.238. The molecule has 0 aliphatic heterocycles. The zero-order chi connectivity index (χ0) is 15.7. The number of aromatic nitrogens is 2. The highest BCUT2D eigenvalue weighted by Gasteiger charge is 2.05. The monoisotopic (exact) mass is 294 g/mol. The molecule has 0 unspecified atom stereocenters. The largest absolute Gasteiger partial charge is 0.504 e. The molecule has 3 N–H and O–H groups in total. The van der Waals surface area contributed by atoms with Crippen LogP contribution in [0.1, 0.15) is 5.56 Å². The second-order valence-corrected chi connectivity index (χ2v) is 4.87. The van der Waals surface area contributed by atoms with Crippen molar-refractivity contribution < 1.29 is 10.2 Å². The van der Waals surface area contributed by atoms with Crippen LogP contribution in [0.3, 0.4) is 0 Å². The van der Waals surface area contributed by atoms with Crippen LogP contribution in [0.15, 0.2) is 53.3 Å². The molecule has 22 heavy (non-hydrogen) atoms. The molecule has 1 heterocycles. The molecule has 3 rings (SSSR count). The highest BCUT2D eigenvalue weighted by Crippen LogP contribution is 2.24. The predicted octanol–water partition coefficient (Wildman–Crippen LogP) is 0.816. The lowest BCUT2D eigenvalue weighted by atomic mass is 10.1. The molecule has 0 aliphatic carbocycles. The molecule has 5 heteroatoms. The van der Waals surface area contributed by atoms with Crippen molar-refractivity contribution >= 4 is 12.7 Å². The smallest absolute Gasteiger partial charge is 0.279 e. The fraction of sp³-hybridized carbons (Fsp3) is 0. The first-order chi connectivity index (χ1) is 10.6. The fourth-order valence-electron chi connectivity index (χ4n) is 2.20. The molecule has 0 spiro atoms. The van der Waals surface area contributed by atoms with E-state index in [1.54, 1.807) is 12.1 Å². The van der Waals surface area contributed by atoms with E-state index in [1.165, 1.54) is 16.8 Å². The van der Waals surface area contributed by atoms with Crippen LogP contribution >= 0.6 is 0 Å². The molecule has 110 valence electrons. The molecule has 3 aromatic rings. The molecule has 0 saturated carbocycles. The maximum absolute atomic E-state index is 12.5. The maximum Gasteiger partial charge on any atom is 0.279 e. The van der Waals surface area contributed by atoms with Crippen molar-refractivity contribution in [3.63, 3.8) is 0 Å². The Kier molecular flexibility index (Phi) is 3.31. The summed E-state index contributed by atoms with van der Waals surface area (Å²) in [5, 5.41) is 22.6. The van der Waals surface area contributed by atoms with Crippen molar-refractivity contribution in [2.24, 2.45) is 0 Å². The Morgan fingerprint density at radius 3 is 2.45 bits per heavy atom. The first-order valence-corrected chi connectivity index (χ1v) is 6.65. The van der Waals surface area contributed by atoms with E-state index in [4.69, 9.17) is 0 Å². The minimum absolute atomic E-state index is 0.206. The van der Waals surface area contributed by atoms with E-state index < -0.39 is 0 Å². The maximum atomic E-state index is 12.5. The van der Waals surface area contributed by atoms with Crippen molar-refractivity contribution in [1.29, 1.82) is 0 Å². The second kappa shape index (κ2) is 5.29. The number of phenolic OH excluding ortho intramolecular Hbond substituents is 2. The van der Waals surface area contributed by atoms with Crippen LogP contribution < -0.4 is 16.1 Å². The van der Waals surface area contributed by atoms with Crippen LogP contribution in [0.4, 0.5) is 0 Å². The third kappa shape index (κ3) is 2.40. The summed E-state index contributed by atoms with van der Waals surface area (Å²) in [5.74, 6) is -0.443. The number of nitrogens with zero attached hydrogens (tertiary/aromatic N) is 1. The van der Waals surface area contributed by atoms with Crippen molar-refractivity contribution in [3.05, 3.63) is 75.0 Å². The van der Waals surface area contributed by atoms with E-state index in [0.29, 0.717) is 21.8 Å². The zero-order valence-corrected chi connectivity index (χ0v) is 11.7. The van der Waals surface area contributed by atoms with Crippen LogP contribution in [0.5, 0.6) is 11.5 Å². The van der Waals surface area contributed by atoms with Gasteiger partial charge in [0, 0.05) is 0 Å². The molecule has 0 aliphatic rings. The van der Waals surface area contributed by atoms with Crippen LogP contribution in [-0.4, -0.2) is 20.0 Å². The van der Waals surface area contributed by atoms with E-state index >= 15 is 0 Å². The van der Waals surface area contributed by atoms with E-state index in [-0.39, 0.29) is 17.1 Å². The van der Waals surface area contributed by atoms with Gasteiger partial charge in [0.2, 0.25) is 0 Å². The van der Waals surface area contributed by atoms with E-state index in [0.717, 1.165) is 0 Å². The number of para-hydroxylation sites is 1. The molecule has 0 bridgehead atoms. The lowest BCUT2D eigenvalue weighted by molar-refractivity contribution is 0.403. The number of rotatable bonds is 2. The molecule has 0 radical (unpaired) electrons. The average molecular weight is 294 g/mol. The van der Waals surface area contributed by atoms with Gasteiger partial charge in [0.1, 0.15) is 0 Å². The molecule has 0 fully saturated rings. The predicted molar refractivity (Wildman–Crippen MR) is 84.5 cm³/mol. The van der Waals surface area contributed by atoms with Crippen molar-refractivity contribution in [1.82, 2.24) is 9.78 Å². The second-order valence-electron chi connectivity index (χ2n) is 4.87. The van der Waals surface area contributed by atoms with Gasteiger partial charge in [0.15, 0.2) is 11.5 Å². The fourth-order valence-corrected chi connectivity index (χ4v) is 2.20. The summed E-state index contributed by atoms with van der Waals surface area (Å²) in [6.07, 6.45) is 1.61. The number of aromatic hydroxyl groups is 2. The molecule has 0 atom stereocenters. The number of nitrogens with one attached hydrogen (secondary N) is 1. The molecule has 1 aromatic heterocycles. The molecule has 5 nitrogen and oxygen atoms in total. The van der Waals surface area contributed by atoms with Crippen LogP contribution in [-0.2, 0) is 0 Å². The number of hydrogen-bond acceptors (Lipinski definition) is 3. The van der Waals surface area contributed by atoms with Gasteiger partial charge in [-0.2, -0.15) is 0 Å². The Hall–Kier alpha value is -3.21. The highest BCUT2D eigenvalue weighted by atomic mass is 16.3. The number of H-pyrrole nitrogens is 1. The van der Waals surface area contributed by atoms with Gasteiger partial charge in [0.05, 0.1) is 16.3 Å². The Balaban J connectivity index is 2.19. The van der Waals surface area contributed by atoms with Gasteiger partial charge in [-0.1, -0.05) is 30.8 Å². The normalized spacial score (nSPS) is 11.7. The van der Waals surface area contributed by atoms with Gasteiger partial charge in [-0.05, 0) is 35.9 Å². The third-order valence-electron chi connectivity index (χ3n) is 3.33. The number of phenols is 2. The lowest BCUT2D eigenvalue weighted by Gasteiger charge is -1.99. The summed E-state index contributed by atoms with van der Waals surface area (Å²) < 4.78 is 1.41. The van der Waals surface area contributed by atoms with Gasteiger partial charge >= 0.3 is 0 Å². The topological polar surface area (TPSA) is 78.2 Å². The molecule has 0 amide bonds. The molecule has 2 aromatic carbocycles. The van der Waals surface area contributed by atoms with Gasteiger partial charge in [0.25, 0.3) is 5.56 Å². The van der Waals surface area contributed by atoms with Gasteiger partial charge in [-0.15, -0.1) is 0 Å². The Morgan fingerprint density at radius 1 is 1.05 bits per heavy atom. The van der Waals surface area contributed by atoms with E-state index in [9.17, 15) is 15.0 Å². The van der Waals surface area contributed by atoms with E-state index in [2.05, 4.69) is 11.7 Å². The minimum Gasteiger partial charge on any atom is -0.504 e. The van der Waals surface area contributed by atoms with Crippen LogP contribution in [0, 0.1) is 0 Å². The lowest BCUT2D eigenvalue weighted by Crippen LogP contribution is -2.33. The first-order valence-electron chi connectivity index (χ1n) is 6.65. The first kappa shape index (κ1) is 13.8. The molecule has 0 saturated heterocycles. The Bertz CT molecular complexity index is 985. The number of hydrogen-bond donors (Lipinski definition) is 3. The molecular formula is C17H14N2O3. The Labute approximate surface area is 125 Å². The van der Waals surface area contributed by atoms with Crippen molar-refractivity contribution in [2.75, 3.05) is 0 Å². The number of aromatic amines is 1. The van der Waals surface area contributed by atoms with Crippen LogP contribution in [0.25, 0.3) is 18.3 Å². The van der Waals surface area contributed by atoms with Gasteiger partial charge < -0.3 is 10.2 Å². The third-order valence-corrected chi connectivity index (χ3v) is 3.33. The summed E-state index contributed by atoms with van der Waals surface area (Å²) in [5.41, 5.74) is 1.07. The van der Waals surface area contributed by atoms with E-state index in [1.807, 2.05) is 30.3 Å². The zero-order valence-electron chi connectivity index (χ0n) is 11.7. The summed E-state index contributed by atoms with van der Waals surface area (Å²) in [6, 6.07) is 13.5. The summed E-state index contributed by atoms with van der Waals surface area (Å²) >= 11 is 0. The number of benzene rings is 2. The Morgan fingerprint density at radius 2 is 1.77 bits per heavy atom. The summed E-state index contributed by atoms with van der Waals surface area (Å²) in [6.45, 7) is 3.84. The van der Waals surface area contributed by atoms with Gasteiger partial charge in [-0.25, -0.2) is 4.68 Å². The van der Waals surface area contributed by atoms with Crippen molar-refractivity contribution in [2.45, 2.75) is 0 Å². The standard InChI is InChI=1S/C17H14N2O3/c1-11-14(9-12-7-8-15(20)16(21)10-12)17(22)19(18-11)13-5-3-2-4-6-13/h2-10,18,20-21H,1H2. The van der Waals surface area contributed by atoms with Gasteiger partial charge in [-0.3, -0.25) is 9.89 Å². The summed E-state index contributed by atoms with van der Waals surface area (Å²) in [7, 11) is 0. The quantitative estimate of drug-likeness (QED) is 0.612. The SMILES string of the molecule is C=c1[nH]n(-c2ccccc2)c(=O)c1=Cc1ccc(O)c(O)c1. The molecular weight excluding hydrogens is 280 g/mol. The van der Waals surface area contributed by atoms with Crippen LogP contribution in [0.2, 0.25) is 0 Å². The summed E-state index contributed by atoms with van der Waals surface area (Å²) in [4.78, 5) is 12.5. The van der Waals surface area contributed by atoms with Crippen molar-refractivity contribution in [3.8, 4) is 17.2 Å². The highest BCUT2D eigenvalue weighted by molar-refractivity contribution is 5.55. The average Bonchev–Trinajstić information content (AvgIpc) is 2.80.